The molecule has 0 aromatic carbocycles. The summed E-state index contributed by atoms with van der Waals surface area (Å²) in [7, 11) is -2.80. The molecule has 0 spiro atoms. The van der Waals surface area contributed by atoms with Crippen LogP contribution in [0.2, 0.25) is 0 Å². The summed E-state index contributed by atoms with van der Waals surface area (Å²) in [6.45, 7) is 4.54. The van der Waals surface area contributed by atoms with Crippen LogP contribution < -0.4 is 9.04 Å². The number of carboxylic acid groups (broad SMARTS) is 1. The fraction of sp³-hybridized carbons (Fsp3) is 0.267. The number of ether oxygens (including phenoxy) is 1. The van der Waals surface area contributed by atoms with Gasteiger partial charge in [0.2, 0.25) is 5.88 Å². The van der Waals surface area contributed by atoms with Gasteiger partial charge in [-0.1, -0.05) is 0 Å². The Morgan fingerprint density at radius 3 is 2.83 bits per heavy atom. The molecule has 0 fully saturated rings. The van der Waals surface area contributed by atoms with Crippen LogP contribution in [-0.2, 0) is 9.71 Å². The molecule has 23 heavy (non-hydrogen) atoms. The topological polar surface area (TPSA) is 79.7 Å². The Morgan fingerprint density at radius 1 is 1.48 bits per heavy atom. The Morgan fingerprint density at radius 2 is 2.22 bits per heavy atom. The minimum absolute atomic E-state index is 0.0210. The van der Waals surface area contributed by atoms with Gasteiger partial charge in [-0.2, -0.15) is 0 Å². The van der Waals surface area contributed by atoms with Crippen molar-refractivity contribution in [2.24, 2.45) is 0 Å². The van der Waals surface area contributed by atoms with Gasteiger partial charge in [0.1, 0.15) is 12.3 Å². The summed E-state index contributed by atoms with van der Waals surface area (Å²) < 4.78 is 20.5. The first-order valence-electron chi connectivity index (χ1n) is 6.89. The van der Waals surface area contributed by atoms with Crippen LogP contribution in [0.3, 0.4) is 0 Å². The second kappa shape index (κ2) is 5.54. The lowest BCUT2D eigenvalue weighted by Gasteiger charge is -2.33. The van der Waals surface area contributed by atoms with Crippen LogP contribution in [0.25, 0.3) is 0 Å². The highest BCUT2D eigenvalue weighted by atomic mass is 32.2. The van der Waals surface area contributed by atoms with E-state index in [1.54, 1.807) is 15.6 Å². The molecule has 0 aliphatic carbocycles. The molecule has 3 rings (SSSR count). The van der Waals surface area contributed by atoms with Gasteiger partial charge in [0, 0.05) is 16.0 Å². The lowest BCUT2D eigenvalue weighted by atomic mass is 10.2. The number of carbonyl (C=O) groups is 1. The number of anilines is 1. The number of hydrogen-bond donors (Lipinski definition) is 1. The van der Waals surface area contributed by atoms with Gasteiger partial charge in [0.05, 0.1) is 26.7 Å². The second-order valence-corrected chi connectivity index (χ2v) is 8.84. The molecule has 1 N–H and O–H groups in total. The van der Waals surface area contributed by atoms with Crippen molar-refractivity contribution in [1.82, 2.24) is 4.98 Å². The molecule has 6 nitrogen and oxygen atoms in total. The molecule has 1 unspecified atom stereocenters. The van der Waals surface area contributed by atoms with Crippen LogP contribution in [0.15, 0.2) is 23.2 Å². The van der Waals surface area contributed by atoms with E-state index in [1.165, 1.54) is 12.3 Å². The van der Waals surface area contributed by atoms with Crippen molar-refractivity contribution in [3.63, 3.8) is 0 Å². The summed E-state index contributed by atoms with van der Waals surface area (Å²) in [6.07, 6.45) is 1.23. The van der Waals surface area contributed by atoms with E-state index < -0.39 is 15.7 Å². The van der Waals surface area contributed by atoms with Crippen LogP contribution >= 0.6 is 11.3 Å². The molecule has 1 aliphatic heterocycles. The third-order valence-electron chi connectivity index (χ3n) is 3.58. The molecule has 0 bridgehead atoms. The Kier molecular flexibility index (Phi) is 3.81. The molecule has 8 heteroatoms. The molecule has 1 atom stereocenters. The molecule has 0 saturated heterocycles. The SMILES string of the molecule is C=S(=O)(c1cc(C)sc1C)N1CCOc2ncc(C(=O)O)cc21. The number of carboxylic acids is 1. The van der Waals surface area contributed by atoms with Gasteiger partial charge in [-0.25, -0.2) is 14.0 Å². The zero-order valence-corrected chi connectivity index (χ0v) is 14.4. The van der Waals surface area contributed by atoms with E-state index in [2.05, 4.69) is 10.9 Å². The Labute approximate surface area is 138 Å². The molecule has 2 aromatic rings. The smallest absolute Gasteiger partial charge is 0.337 e. The van der Waals surface area contributed by atoms with Crippen molar-refractivity contribution in [2.75, 3.05) is 17.5 Å². The maximum absolute atomic E-state index is 13.4. The molecular formula is C15H16N2O4S2. The predicted molar refractivity (Wildman–Crippen MR) is 91.4 cm³/mol. The summed E-state index contributed by atoms with van der Waals surface area (Å²) in [6, 6.07) is 3.31. The number of aromatic carboxylic acids is 1. The first-order chi connectivity index (χ1) is 10.8. The lowest BCUT2D eigenvalue weighted by molar-refractivity contribution is 0.0696. The number of aromatic nitrogens is 1. The maximum atomic E-state index is 13.4. The normalized spacial score (nSPS) is 16.3. The van der Waals surface area contributed by atoms with Crippen LogP contribution in [0, 0.1) is 13.8 Å². The summed E-state index contributed by atoms with van der Waals surface area (Å²) in [5.41, 5.74) is 0.423. The van der Waals surface area contributed by atoms with Gasteiger partial charge >= 0.3 is 5.97 Å². The zero-order chi connectivity index (χ0) is 16.8. The van der Waals surface area contributed by atoms with Crippen LogP contribution in [0.5, 0.6) is 5.88 Å². The van der Waals surface area contributed by atoms with Crippen LogP contribution in [-0.4, -0.2) is 39.3 Å². The highest BCUT2D eigenvalue weighted by molar-refractivity contribution is 8.01. The minimum atomic E-state index is -2.80. The van der Waals surface area contributed by atoms with Crippen LogP contribution in [0.4, 0.5) is 5.69 Å². The van der Waals surface area contributed by atoms with Crippen molar-refractivity contribution >= 4 is 38.6 Å². The number of hydrogen-bond acceptors (Lipinski definition) is 5. The molecule has 0 saturated carbocycles. The van der Waals surface area contributed by atoms with Gasteiger partial charge < -0.3 is 9.84 Å². The number of aryl methyl sites for hydroxylation is 2. The van der Waals surface area contributed by atoms with Crippen molar-refractivity contribution in [3.8, 4) is 5.88 Å². The van der Waals surface area contributed by atoms with E-state index >= 15 is 0 Å². The van der Waals surface area contributed by atoms with Crippen molar-refractivity contribution < 1.29 is 18.8 Å². The number of fused-ring (bicyclic) bond motifs is 1. The third kappa shape index (κ3) is 2.68. The van der Waals surface area contributed by atoms with Crippen molar-refractivity contribution in [1.29, 1.82) is 0 Å². The number of pyridine rings is 1. The Bertz CT molecular complexity index is 887. The van der Waals surface area contributed by atoms with Gasteiger partial charge in [-0.15, -0.1) is 11.3 Å². The van der Waals surface area contributed by atoms with Gasteiger partial charge in [0.15, 0.2) is 0 Å². The molecule has 1 aliphatic rings. The van der Waals surface area contributed by atoms with Gasteiger partial charge in [-0.05, 0) is 31.9 Å². The maximum Gasteiger partial charge on any atom is 0.337 e. The van der Waals surface area contributed by atoms with Gasteiger partial charge in [0.25, 0.3) is 0 Å². The largest absolute Gasteiger partial charge is 0.478 e. The summed E-state index contributed by atoms with van der Waals surface area (Å²) in [4.78, 5) is 17.9. The van der Waals surface area contributed by atoms with E-state index in [1.807, 2.05) is 19.9 Å². The molecule has 122 valence electrons. The fourth-order valence-electron chi connectivity index (χ4n) is 2.54. The standard InChI is InChI=1S/C15H16N2O4S2/c1-9-6-13(10(2)22-9)23(3,20)17-4-5-21-14-12(17)7-11(8-16-14)15(18)19/h6-8H,3-5H2,1-2H3,(H,18,19). The first kappa shape index (κ1) is 15.8. The van der Waals surface area contributed by atoms with E-state index in [0.29, 0.717) is 23.7 Å². The fourth-order valence-corrected chi connectivity index (χ4v) is 5.82. The summed E-state index contributed by atoms with van der Waals surface area (Å²) in [5.74, 6) is 3.13. The molecule has 0 radical (unpaired) electrons. The monoisotopic (exact) mass is 352 g/mol. The summed E-state index contributed by atoms with van der Waals surface area (Å²) in [5, 5.41) is 9.16. The Balaban J connectivity index is 2.14. The number of nitrogens with zero attached hydrogens (tertiary/aromatic N) is 2. The molecule has 0 amide bonds. The highest BCUT2D eigenvalue weighted by Gasteiger charge is 2.29. The van der Waals surface area contributed by atoms with Gasteiger partial charge in [-0.3, -0.25) is 4.31 Å². The average molecular weight is 352 g/mol. The second-order valence-electron chi connectivity index (χ2n) is 5.22. The van der Waals surface area contributed by atoms with Crippen molar-refractivity contribution in [3.05, 3.63) is 33.6 Å². The van der Waals surface area contributed by atoms with E-state index in [9.17, 15) is 9.00 Å². The molecule has 2 aromatic heterocycles. The number of rotatable bonds is 3. The number of thiophene rings is 1. The van der Waals surface area contributed by atoms with E-state index in [4.69, 9.17) is 9.84 Å². The predicted octanol–water partition coefficient (Wildman–Crippen LogP) is 2.35. The average Bonchev–Trinajstić information content (AvgIpc) is 2.85. The highest BCUT2D eigenvalue weighted by Crippen LogP contribution is 2.36. The summed E-state index contributed by atoms with van der Waals surface area (Å²) >= 11 is 1.56. The molecular weight excluding hydrogens is 336 g/mol. The zero-order valence-electron chi connectivity index (χ0n) is 12.7. The first-order valence-corrected chi connectivity index (χ1v) is 9.39. The van der Waals surface area contributed by atoms with E-state index in [-0.39, 0.29) is 11.4 Å². The van der Waals surface area contributed by atoms with E-state index in [0.717, 1.165) is 9.75 Å². The lowest BCUT2D eigenvalue weighted by Crippen LogP contribution is -2.38. The minimum Gasteiger partial charge on any atom is -0.478 e. The van der Waals surface area contributed by atoms with Crippen molar-refractivity contribution in [2.45, 2.75) is 18.7 Å². The third-order valence-corrected chi connectivity index (χ3v) is 6.87. The quantitative estimate of drug-likeness (QED) is 0.858. The van der Waals surface area contributed by atoms with Crippen LogP contribution in [0.1, 0.15) is 20.1 Å². The molecule has 3 heterocycles. The Hall–Kier alpha value is -2.06.